The third-order valence-corrected chi connectivity index (χ3v) is 4.94. The Kier molecular flexibility index (Phi) is 4.83. The monoisotopic (exact) mass is 330 g/mol. The SMILES string of the molecule is O=C(O)c1cccc(CNC(=O)[C@@H]2CC(=O)N(C3CCCC3)C2)c1. The summed E-state index contributed by atoms with van der Waals surface area (Å²) in [5.41, 5.74) is 0.936. The van der Waals surface area contributed by atoms with E-state index in [1.807, 2.05) is 4.90 Å². The molecule has 0 aromatic heterocycles. The summed E-state index contributed by atoms with van der Waals surface area (Å²) in [5, 5.41) is 11.8. The lowest BCUT2D eigenvalue weighted by molar-refractivity contribution is -0.130. The molecule has 24 heavy (non-hydrogen) atoms. The van der Waals surface area contributed by atoms with Gasteiger partial charge in [-0.15, -0.1) is 0 Å². The second-order valence-electron chi connectivity index (χ2n) is 6.61. The molecule has 6 heteroatoms. The maximum Gasteiger partial charge on any atom is 0.335 e. The minimum absolute atomic E-state index is 0.0786. The van der Waals surface area contributed by atoms with Crippen molar-refractivity contribution in [1.82, 2.24) is 10.2 Å². The Morgan fingerprint density at radius 3 is 2.71 bits per heavy atom. The normalized spacial score (nSPS) is 21.2. The number of hydrogen-bond acceptors (Lipinski definition) is 3. The summed E-state index contributed by atoms with van der Waals surface area (Å²) in [6.45, 7) is 0.776. The smallest absolute Gasteiger partial charge is 0.335 e. The quantitative estimate of drug-likeness (QED) is 0.862. The lowest BCUT2D eigenvalue weighted by atomic mass is 10.1. The maximum absolute atomic E-state index is 12.3. The van der Waals surface area contributed by atoms with Crippen molar-refractivity contribution in [2.45, 2.75) is 44.7 Å². The van der Waals surface area contributed by atoms with E-state index < -0.39 is 5.97 Å². The van der Waals surface area contributed by atoms with Gasteiger partial charge in [0.15, 0.2) is 0 Å². The van der Waals surface area contributed by atoms with E-state index in [0.29, 0.717) is 12.6 Å². The third kappa shape index (κ3) is 3.58. The van der Waals surface area contributed by atoms with Crippen LogP contribution in [0.1, 0.15) is 48.0 Å². The molecule has 1 aliphatic carbocycles. The molecule has 0 bridgehead atoms. The first-order chi connectivity index (χ1) is 11.5. The minimum atomic E-state index is -0.989. The van der Waals surface area contributed by atoms with Gasteiger partial charge in [-0.25, -0.2) is 4.79 Å². The maximum atomic E-state index is 12.3. The Bertz CT molecular complexity index is 652. The number of likely N-dealkylation sites (tertiary alicyclic amines) is 1. The molecule has 0 unspecified atom stereocenters. The average Bonchev–Trinajstić information content (AvgIpc) is 3.22. The first-order valence-electron chi connectivity index (χ1n) is 8.44. The molecule has 128 valence electrons. The Labute approximate surface area is 140 Å². The van der Waals surface area contributed by atoms with E-state index in [1.165, 1.54) is 6.07 Å². The van der Waals surface area contributed by atoms with Crippen molar-refractivity contribution >= 4 is 17.8 Å². The molecule has 1 aromatic rings. The van der Waals surface area contributed by atoms with Crippen LogP contribution in [0.15, 0.2) is 24.3 Å². The average molecular weight is 330 g/mol. The number of nitrogens with one attached hydrogen (secondary N) is 1. The molecule has 1 saturated heterocycles. The molecule has 2 aliphatic rings. The number of hydrogen-bond donors (Lipinski definition) is 2. The van der Waals surface area contributed by atoms with Crippen LogP contribution in [0.4, 0.5) is 0 Å². The zero-order valence-corrected chi connectivity index (χ0v) is 13.5. The Morgan fingerprint density at radius 2 is 2.00 bits per heavy atom. The van der Waals surface area contributed by atoms with Crippen molar-refractivity contribution in [1.29, 1.82) is 0 Å². The lowest BCUT2D eigenvalue weighted by Gasteiger charge is -2.23. The Hall–Kier alpha value is -2.37. The molecule has 1 aliphatic heterocycles. The van der Waals surface area contributed by atoms with Gasteiger partial charge in [0, 0.05) is 25.6 Å². The summed E-state index contributed by atoms with van der Waals surface area (Å²) >= 11 is 0. The zero-order chi connectivity index (χ0) is 17.1. The van der Waals surface area contributed by atoms with E-state index in [2.05, 4.69) is 5.32 Å². The van der Waals surface area contributed by atoms with E-state index in [-0.39, 0.29) is 36.3 Å². The molecule has 3 rings (SSSR count). The van der Waals surface area contributed by atoms with E-state index >= 15 is 0 Å². The van der Waals surface area contributed by atoms with Crippen LogP contribution in [-0.2, 0) is 16.1 Å². The van der Waals surface area contributed by atoms with Gasteiger partial charge in [-0.1, -0.05) is 25.0 Å². The highest BCUT2D eigenvalue weighted by Crippen LogP contribution is 2.29. The van der Waals surface area contributed by atoms with Crippen LogP contribution in [0, 0.1) is 5.92 Å². The molecular formula is C18H22N2O4. The molecule has 1 saturated carbocycles. The first kappa shape index (κ1) is 16.5. The fourth-order valence-corrected chi connectivity index (χ4v) is 3.62. The van der Waals surface area contributed by atoms with E-state index in [9.17, 15) is 14.4 Å². The number of carbonyl (C=O) groups is 3. The molecular weight excluding hydrogens is 308 g/mol. The van der Waals surface area contributed by atoms with Crippen LogP contribution >= 0.6 is 0 Å². The molecule has 1 heterocycles. The fourth-order valence-electron chi connectivity index (χ4n) is 3.62. The predicted molar refractivity (Wildman–Crippen MR) is 87.3 cm³/mol. The Balaban J connectivity index is 1.55. The number of carboxylic acids is 1. The van der Waals surface area contributed by atoms with Gasteiger partial charge < -0.3 is 15.3 Å². The minimum Gasteiger partial charge on any atom is -0.478 e. The molecule has 1 atom stereocenters. The van der Waals surface area contributed by atoms with Gasteiger partial charge in [0.2, 0.25) is 11.8 Å². The highest BCUT2D eigenvalue weighted by Gasteiger charge is 2.38. The molecule has 6 nitrogen and oxygen atoms in total. The van der Waals surface area contributed by atoms with Crippen molar-refractivity contribution in [3.63, 3.8) is 0 Å². The number of benzene rings is 1. The largest absolute Gasteiger partial charge is 0.478 e. The van der Waals surface area contributed by atoms with Crippen LogP contribution in [0.5, 0.6) is 0 Å². The molecule has 2 N–H and O–H groups in total. The number of carboxylic acid groups (broad SMARTS) is 1. The molecule has 2 amide bonds. The first-order valence-corrected chi connectivity index (χ1v) is 8.44. The van der Waals surface area contributed by atoms with E-state index in [4.69, 9.17) is 5.11 Å². The third-order valence-electron chi connectivity index (χ3n) is 4.94. The number of amides is 2. The van der Waals surface area contributed by atoms with Crippen LogP contribution in [0.2, 0.25) is 0 Å². The topological polar surface area (TPSA) is 86.7 Å². The van der Waals surface area contributed by atoms with Gasteiger partial charge in [0.05, 0.1) is 11.5 Å². The highest BCUT2D eigenvalue weighted by molar-refractivity contribution is 5.89. The molecule has 0 spiro atoms. The van der Waals surface area contributed by atoms with Gasteiger partial charge in [-0.05, 0) is 30.5 Å². The van der Waals surface area contributed by atoms with E-state index in [1.54, 1.807) is 18.2 Å². The molecule has 1 aromatic carbocycles. The van der Waals surface area contributed by atoms with Crippen LogP contribution < -0.4 is 5.32 Å². The summed E-state index contributed by atoms with van der Waals surface area (Å²) < 4.78 is 0. The van der Waals surface area contributed by atoms with E-state index in [0.717, 1.165) is 31.2 Å². The summed E-state index contributed by atoms with van der Waals surface area (Å²) in [7, 11) is 0. The predicted octanol–water partition coefficient (Wildman–Crippen LogP) is 1.79. The lowest BCUT2D eigenvalue weighted by Crippen LogP contribution is -2.36. The van der Waals surface area contributed by atoms with Gasteiger partial charge in [-0.2, -0.15) is 0 Å². The second-order valence-corrected chi connectivity index (χ2v) is 6.61. The number of rotatable bonds is 5. The van der Waals surface area contributed by atoms with Crippen LogP contribution in [0.3, 0.4) is 0 Å². The van der Waals surface area contributed by atoms with Gasteiger partial charge in [-0.3, -0.25) is 9.59 Å². The summed E-state index contributed by atoms with van der Waals surface area (Å²) in [4.78, 5) is 37.3. The number of aromatic carboxylic acids is 1. The summed E-state index contributed by atoms with van der Waals surface area (Å²) in [6.07, 6.45) is 4.68. The summed E-state index contributed by atoms with van der Waals surface area (Å²) in [6, 6.07) is 6.81. The second kappa shape index (κ2) is 7.03. The van der Waals surface area contributed by atoms with Crippen molar-refractivity contribution in [3.05, 3.63) is 35.4 Å². The summed E-state index contributed by atoms with van der Waals surface area (Å²) in [5.74, 6) is -1.35. The van der Waals surface area contributed by atoms with Crippen molar-refractivity contribution < 1.29 is 19.5 Å². The van der Waals surface area contributed by atoms with Gasteiger partial charge in [0.25, 0.3) is 0 Å². The fraction of sp³-hybridized carbons (Fsp3) is 0.500. The number of nitrogens with zero attached hydrogens (tertiary/aromatic N) is 1. The number of carbonyl (C=O) groups excluding carboxylic acids is 2. The molecule has 2 fully saturated rings. The Morgan fingerprint density at radius 1 is 1.25 bits per heavy atom. The van der Waals surface area contributed by atoms with Crippen LogP contribution in [0.25, 0.3) is 0 Å². The van der Waals surface area contributed by atoms with Gasteiger partial charge >= 0.3 is 5.97 Å². The standard InChI is InChI=1S/C18H22N2O4/c21-16-9-14(11-20(16)15-6-1-2-7-15)17(22)19-10-12-4-3-5-13(8-12)18(23)24/h3-5,8,14-15H,1-2,6-7,9-11H2,(H,19,22)(H,23,24)/t14-/m1/s1. The van der Waals surface area contributed by atoms with Crippen molar-refractivity contribution in [2.24, 2.45) is 5.92 Å². The van der Waals surface area contributed by atoms with Crippen molar-refractivity contribution in [2.75, 3.05) is 6.54 Å². The highest BCUT2D eigenvalue weighted by atomic mass is 16.4. The van der Waals surface area contributed by atoms with Crippen molar-refractivity contribution in [3.8, 4) is 0 Å². The molecule has 0 radical (unpaired) electrons. The van der Waals surface area contributed by atoms with Gasteiger partial charge in [0.1, 0.15) is 0 Å². The van der Waals surface area contributed by atoms with Crippen LogP contribution in [-0.4, -0.2) is 40.4 Å². The zero-order valence-electron chi connectivity index (χ0n) is 13.5.